The largest absolute Gasteiger partial charge is 0.487 e. The van der Waals surface area contributed by atoms with Crippen LogP contribution in [0.4, 0.5) is 4.39 Å². The van der Waals surface area contributed by atoms with Crippen molar-refractivity contribution in [1.82, 2.24) is 5.32 Å². The molecule has 1 heterocycles. The predicted octanol–water partition coefficient (Wildman–Crippen LogP) is 2.64. The Morgan fingerprint density at radius 1 is 1.32 bits per heavy atom. The van der Waals surface area contributed by atoms with E-state index in [0.29, 0.717) is 24.9 Å². The van der Waals surface area contributed by atoms with Gasteiger partial charge in [0.15, 0.2) is 11.6 Å². The third-order valence-corrected chi connectivity index (χ3v) is 3.64. The highest BCUT2D eigenvalue weighted by Crippen LogP contribution is 2.26. The first kappa shape index (κ1) is 12.9. The predicted molar refractivity (Wildman–Crippen MR) is 70.7 cm³/mol. The van der Waals surface area contributed by atoms with Gasteiger partial charge in [0, 0.05) is 24.8 Å². The molecule has 0 aromatic heterocycles. The maximum absolute atomic E-state index is 13.9. The van der Waals surface area contributed by atoms with E-state index in [1.54, 1.807) is 6.07 Å². The average molecular weight is 265 g/mol. The fourth-order valence-electron chi connectivity index (χ4n) is 2.35. The molecule has 1 saturated heterocycles. The molecule has 0 bridgehead atoms. The van der Waals surface area contributed by atoms with Crippen LogP contribution in [-0.4, -0.2) is 25.4 Å². The van der Waals surface area contributed by atoms with Crippen molar-refractivity contribution in [2.45, 2.75) is 44.4 Å². The summed E-state index contributed by atoms with van der Waals surface area (Å²) >= 11 is 0. The summed E-state index contributed by atoms with van der Waals surface area (Å²) < 4.78 is 25.0. The summed E-state index contributed by atoms with van der Waals surface area (Å²) in [5, 5.41) is 3.39. The van der Waals surface area contributed by atoms with Crippen molar-refractivity contribution in [3.63, 3.8) is 0 Å². The molecular weight excluding hydrogens is 245 g/mol. The van der Waals surface area contributed by atoms with Crippen LogP contribution in [0.3, 0.4) is 0 Å². The van der Waals surface area contributed by atoms with Gasteiger partial charge in [-0.3, -0.25) is 0 Å². The Bertz CT molecular complexity index is 428. The maximum atomic E-state index is 13.9. The van der Waals surface area contributed by atoms with Gasteiger partial charge in [-0.25, -0.2) is 4.39 Å². The molecule has 1 saturated carbocycles. The number of benzene rings is 1. The minimum Gasteiger partial charge on any atom is -0.487 e. The van der Waals surface area contributed by atoms with Crippen molar-refractivity contribution in [2.24, 2.45) is 0 Å². The molecule has 1 unspecified atom stereocenters. The minimum atomic E-state index is -0.284. The number of halogens is 1. The van der Waals surface area contributed by atoms with Crippen molar-refractivity contribution >= 4 is 0 Å². The Hall–Kier alpha value is -1.13. The minimum absolute atomic E-state index is 0.115. The van der Waals surface area contributed by atoms with Gasteiger partial charge < -0.3 is 14.8 Å². The molecule has 4 heteroatoms. The normalized spacial score (nSPS) is 22.7. The molecule has 3 nitrogen and oxygen atoms in total. The Kier molecular flexibility index (Phi) is 3.99. The summed E-state index contributed by atoms with van der Waals surface area (Å²) in [5.41, 5.74) is 0.893. The van der Waals surface area contributed by atoms with E-state index in [4.69, 9.17) is 9.47 Å². The van der Waals surface area contributed by atoms with Crippen LogP contribution in [0.15, 0.2) is 18.2 Å². The first-order valence-electron chi connectivity index (χ1n) is 7.08. The van der Waals surface area contributed by atoms with Crippen molar-refractivity contribution in [3.05, 3.63) is 29.6 Å². The number of rotatable bonds is 6. The summed E-state index contributed by atoms with van der Waals surface area (Å²) in [6, 6.07) is 5.71. The van der Waals surface area contributed by atoms with E-state index in [9.17, 15) is 4.39 Å². The van der Waals surface area contributed by atoms with E-state index in [1.807, 2.05) is 6.07 Å². The van der Waals surface area contributed by atoms with Gasteiger partial charge in [0.2, 0.25) is 0 Å². The maximum Gasteiger partial charge on any atom is 0.165 e. The van der Waals surface area contributed by atoms with Crippen LogP contribution in [0.25, 0.3) is 0 Å². The monoisotopic (exact) mass is 265 g/mol. The van der Waals surface area contributed by atoms with Crippen LogP contribution >= 0.6 is 0 Å². The summed E-state index contributed by atoms with van der Waals surface area (Å²) in [5.74, 6) is 0.0965. The second-order valence-corrected chi connectivity index (χ2v) is 5.33. The SMILES string of the molecule is Fc1cccc(CNC2CC2)c1OCC1CCCO1. The van der Waals surface area contributed by atoms with Crippen LogP contribution < -0.4 is 10.1 Å². The van der Waals surface area contributed by atoms with E-state index >= 15 is 0 Å². The molecule has 2 fully saturated rings. The topological polar surface area (TPSA) is 30.5 Å². The molecule has 1 aliphatic heterocycles. The Labute approximate surface area is 113 Å². The molecule has 2 aliphatic rings. The van der Waals surface area contributed by atoms with Gasteiger partial charge in [0.25, 0.3) is 0 Å². The highest BCUT2D eigenvalue weighted by Gasteiger charge is 2.22. The third-order valence-electron chi connectivity index (χ3n) is 3.64. The van der Waals surface area contributed by atoms with Crippen LogP contribution in [0.2, 0.25) is 0 Å². The lowest BCUT2D eigenvalue weighted by Gasteiger charge is -2.15. The summed E-state index contributed by atoms with van der Waals surface area (Å²) in [6.07, 6.45) is 4.64. The Balaban J connectivity index is 1.62. The molecular formula is C15H20FNO2. The molecule has 1 aliphatic carbocycles. The number of ether oxygens (including phenoxy) is 2. The second-order valence-electron chi connectivity index (χ2n) is 5.33. The standard InChI is InChI=1S/C15H20FNO2/c16-14-5-1-3-11(9-17-12-6-7-12)15(14)19-10-13-4-2-8-18-13/h1,3,5,12-13,17H,2,4,6-10H2. The van der Waals surface area contributed by atoms with Crippen LogP contribution in [-0.2, 0) is 11.3 Å². The van der Waals surface area contributed by atoms with E-state index in [-0.39, 0.29) is 11.9 Å². The molecule has 0 radical (unpaired) electrons. The van der Waals surface area contributed by atoms with Crippen LogP contribution in [0.1, 0.15) is 31.2 Å². The summed E-state index contributed by atoms with van der Waals surface area (Å²) in [6.45, 7) is 1.90. The van der Waals surface area contributed by atoms with Gasteiger partial charge in [-0.2, -0.15) is 0 Å². The zero-order chi connectivity index (χ0) is 13.1. The fraction of sp³-hybridized carbons (Fsp3) is 0.600. The Morgan fingerprint density at radius 2 is 2.21 bits per heavy atom. The van der Waals surface area contributed by atoms with Crippen molar-refractivity contribution in [1.29, 1.82) is 0 Å². The zero-order valence-corrected chi connectivity index (χ0v) is 11.0. The number of hydrogen-bond acceptors (Lipinski definition) is 3. The Morgan fingerprint density at radius 3 is 2.95 bits per heavy atom. The smallest absolute Gasteiger partial charge is 0.165 e. The van der Waals surface area contributed by atoms with Gasteiger partial charge in [0.05, 0.1) is 6.10 Å². The molecule has 19 heavy (non-hydrogen) atoms. The molecule has 3 rings (SSSR count). The van der Waals surface area contributed by atoms with E-state index in [0.717, 1.165) is 25.0 Å². The highest BCUT2D eigenvalue weighted by atomic mass is 19.1. The van der Waals surface area contributed by atoms with Gasteiger partial charge in [-0.05, 0) is 31.7 Å². The van der Waals surface area contributed by atoms with Gasteiger partial charge in [0.1, 0.15) is 6.61 Å². The highest BCUT2D eigenvalue weighted by molar-refractivity contribution is 5.35. The van der Waals surface area contributed by atoms with Crippen LogP contribution in [0, 0.1) is 5.82 Å². The van der Waals surface area contributed by atoms with E-state index in [1.165, 1.54) is 18.9 Å². The molecule has 1 N–H and O–H groups in total. The van der Waals surface area contributed by atoms with E-state index in [2.05, 4.69) is 5.32 Å². The van der Waals surface area contributed by atoms with E-state index < -0.39 is 0 Å². The quantitative estimate of drug-likeness (QED) is 0.857. The molecule has 104 valence electrons. The number of para-hydroxylation sites is 1. The lowest BCUT2D eigenvalue weighted by Crippen LogP contribution is -2.20. The van der Waals surface area contributed by atoms with Crippen LogP contribution in [0.5, 0.6) is 5.75 Å². The summed E-state index contributed by atoms with van der Waals surface area (Å²) in [7, 11) is 0. The first-order valence-corrected chi connectivity index (χ1v) is 7.08. The van der Waals surface area contributed by atoms with Gasteiger partial charge in [-0.15, -0.1) is 0 Å². The zero-order valence-electron chi connectivity index (χ0n) is 11.0. The van der Waals surface area contributed by atoms with Crippen molar-refractivity contribution in [2.75, 3.05) is 13.2 Å². The average Bonchev–Trinajstić information content (AvgIpc) is 3.10. The summed E-state index contributed by atoms with van der Waals surface area (Å²) in [4.78, 5) is 0. The molecule has 0 spiro atoms. The van der Waals surface area contributed by atoms with Gasteiger partial charge in [-0.1, -0.05) is 12.1 Å². The second kappa shape index (κ2) is 5.88. The van der Waals surface area contributed by atoms with Gasteiger partial charge >= 0.3 is 0 Å². The first-order chi connectivity index (χ1) is 9.33. The van der Waals surface area contributed by atoms with Crippen molar-refractivity contribution < 1.29 is 13.9 Å². The number of hydrogen-bond donors (Lipinski definition) is 1. The molecule has 1 aromatic carbocycles. The van der Waals surface area contributed by atoms with Crippen molar-refractivity contribution in [3.8, 4) is 5.75 Å². The fourth-order valence-corrected chi connectivity index (χ4v) is 2.35. The lowest BCUT2D eigenvalue weighted by atomic mass is 10.2. The molecule has 0 amide bonds. The molecule has 1 aromatic rings. The number of nitrogens with one attached hydrogen (secondary N) is 1. The third kappa shape index (κ3) is 3.45. The molecule has 1 atom stereocenters. The lowest BCUT2D eigenvalue weighted by molar-refractivity contribution is 0.0661.